The van der Waals surface area contributed by atoms with Crippen molar-refractivity contribution in [2.75, 3.05) is 0 Å². The van der Waals surface area contributed by atoms with Crippen molar-refractivity contribution in [3.05, 3.63) is 29.6 Å². The minimum atomic E-state index is -0.261. The van der Waals surface area contributed by atoms with Gasteiger partial charge in [-0.05, 0) is 25.8 Å². The highest BCUT2D eigenvalue weighted by atomic mass is 19.1. The Hall–Kier alpha value is -1.09. The zero-order chi connectivity index (χ0) is 14.6. The van der Waals surface area contributed by atoms with E-state index in [1.54, 1.807) is 6.07 Å². The summed E-state index contributed by atoms with van der Waals surface area (Å²) in [5, 5.41) is 0. The van der Waals surface area contributed by atoms with Crippen LogP contribution in [-0.4, -0.2) is 5.60 Å². The van der Waals surface area contributed by atoms with Gasteiger partial charge in [-0.2, -0.15) is 0 Å². The Kier molecular flexibility index (Phi) is 5.03. The fourth-order valence-electron chi connectivity index (χ4n) is 3.04. The fraction of sp³-hybridized carbons (Fsp3) is 0.647. The van der Waals surface area contributed by atoms with Crippen LogP contribution in [0, 0.1) is 5.82 Å². The first-order chi connectivity index (χ1) is 9.54. The molecule has 3 heteroatoms. The number of ether oxygens (including phenoxy) is 1. The highest BCUT2D eigenvalue weighted by molar-refractivity contribution is 5.39. The van der Waals surface area contributed by atoms with Crippen LogP contribution in [0.1, 0.15) is 70.4 Å². The summed E-state index contributed by atoms with van der Waals surface area (Å²) in [6.07, 6.45) is 8.01. The first kappa shape index (κ1) is 15.3. The molecule has 1 aliphatic heterocycles. The number of hydrogen-bond acceptors (Lipinski definition) is 2. The standard InChI is InChI=1S/C17H26FNO/c1-3-4-5-6-7-10-17(2)12-15(19)14-9-8-13(18)11-16(14)20-17/h8-9,11,15H,3-7,10,12,19H2,1-2H3. The molecule has 0 saturated heterocycles. The molecule has 2 rings (SSSR count). The van der Waals surface area contributed by atoms with Gasteiger partial charge in [0.15, 0.2) is 0 Å². The second-order valence-corrected chi connectivity index (χ2v) is 6.21. The summed E-state index contributed by atoms with van der Waals surface area (Å²) >= 11 is 0. The van der Waals surface area contributed by atoms with E-state index >= 15 is 0 Å². The third kappa shape index (κ3) is 3.72. The molecule has 1 aromatic rings. The van der Waals surface area contributed by atoms with Gasteiger partial charge in [0, 0.05) is 24.1 Å². The van der Waals surface area contributed by atoms with Gasteiger partial charge in [-0.15, -0.1) is 0 Å². The molecule has 2 N–H and O–H groups in total. The second-order valence-electron chi connectivity index (χ2n) is 6.21. The summed E-state index contributed by atoms with van der Waals surface area (Å²) < 4.78 is 19.4. The molecular formula is C17H26FNO. The molecule has 0 aromatic heterocycles. The molecule has 0 bridgehead atoms. The maximum atomic E-state index is 13.3. The summed E-state index contributed by atoms with van der Waals surface area (Å²) in [5.41, 5.74) is 6.89. The van der Waals surface area contributed by atoms with Crippen molar-refractivity contribution in [1.29, 1.82) is 0 Å². The van der Waals surface area contributed by atoms with E-state index < -0.39 is 0 Å². The molecular weight excluding hydrogens is 253 g/mol. The number of halogens is 1. The smallest absolute Gasteiger partial charge is 0.127 e. The number of benzene rings is 1. The molecule has 112 valence electrons. The maximum Gasteiger partial charge on any atom is 0.127 e. The Morgan fingerprint density at radius 1 is 1.30 bits per heavy atom. The van der Waals surface area contributed by atoms with Crippen LogP contribution < -0.4 is 10.5 Å². The minimum absolute atomic E-state index is 0.0556. The Morgan fingerprint density at radius 3 is 2.80 bits per heavy atom. The monoisotopic (exact) mass is 279 g/mol. The average Bonchev–Trinajstić information content (AvgIpc) is 2.37. The van der Waals surface area contributed by atoms with Gasteiger partial charge >= 0.3 is 0 Å². The van der Waals surface area contributed by atoms with Gasteiger partial charge in [0.05, 0.1) is 0 Å². The van der Waals surface area contributed by atoms with E-state index in [0.717, 1.165) is 24.8 Å². The Labute approximate surface area is 121 Å². The third-order valence-electron chi connectivity index (χ3n) is 4.19. The van der Waals surface area contributed by atoms with Gasteiger partial charge in [0.25, 0.3) is 0 Å². The van der Waals surface area contributed by atoms with Gasteiger partial charge in [-0.1, -0.05) is 38.7 Å². The first-order valence-corrected chi connectivity index (χ1v) is 7.78. The quantitative estimate of drug-likeness (QED) is 0.764. The normalized spacial score (nSPS) is 25.1. The van der Waals surface area contributed by atoms with E-state index in [1.807, 2.05) is 0 Å². The van der Waals surface area contributed by atoms with Gasteiger partial charge in [0.2, 0.25) is 0 Å². The molecule has 0 saturated carbocycles. The lowest BCUT2D eigenvalue weighted by atomic mass is 9.85. The zero-order valence-electron chi connectivity index (χ0n) is 12.6. The van der Waals surface area contributed by atoms with E-state index in [1.165, 1.54) is 37.8 Å². The van der Waals surface area contributed by atoms with E-state index in [9.17, 15) is 4.39 Å². The van der Waals surface area contributed by atoms with Crippen molar-refractivity contribution in [3.8, 4) is 5.75 Å². The van der Waals surface area contributed by atoms with Gasteiger partial charge < -0.3 is 10.5 Å². The molecule has 20 heavy (non-hydrogen) atoms. The predicted octanol–water partition coefficient (Wildman–Crippen LogP) is 4.73. The van der Waals surface area contributed by atoms with Crippen molar-refractivity contribution in [3.63, 3.8) is 0 Å². The lowest BCUT2D eigenvalue weighted by Crippen LogP contribution is -2.40. The molecule has 0 aliphatic carbocycles. The SMILES string of the molecule is CCCCCCCC1(C)CC(N)c2ccc(F)cc2O1. The van der Waals surface area contributed by atoms with Crippen LogP contribution in [0.5, 0.6) is 5.75 Å². The molecule has 2 unspecified atom stereocenters. The molecule has 1 aliphatic rings. The largest absolute Gasteiger partial charge is 0.487 e. The molecule has 1 heterocycles. The fourth-order valence-corrected chi connectivity index (χ4v) is 3.04. The van der Waals surface area contributed by atoms with E-state index in [0.29, 0.717) is 5.75 Å². The molecule has 0 spiro atoms. The van der Waals surface area contributed by atoms with Crippen LogP contribution in [0.25, 0.3) is 0 Å². The number of nitrogens with two attached hydrogens (primary N) is 1. The van der Waals surface area contributed by atoms with Crippen LogP contribution in [0.2, 0.25) is 0 Å². The maximum absolute atomic E-state index is 13.3. The van der Waals surface area contributed by atoms with Crippen molar-refractivity contribution >= 4 is 0 Å². The molecule has 0 amide bonds. The first-order valence-electron chi connectivity index (χ1n) is 7.78. The van der Waals surface area contributed by atoms with Crippen molar-refractivity contribution in [2.45, 2.75) is 70.4 Å². The number of hydrogen-bond donors (Lipinski definition) is 1. The lowest BCUT2D eigenvalue weighted by molar-refractivity contribution is 0.0426. The lowest BCUT2D eigenvalue weighted by Gasteiger charge is -2.39. The van der Waals surface area contributed by atoms with Crippen LogP contribution in [0.15, 0.2) is 18.2 Å². The summed E-state index contributed by atoms with van der Waals surface area (Å²) in [6, 6.07) is 4.61. The van der Waals surface area contributed by atoms with Gasteiger partial charge in [0.1, 0.15) is 17.2 Å². The molecule has 2 nitrogen and oxygen atoms in total. The van der Waals surface area contributed by atoms with E-state index in [-0.39, 0.29) is 17.5 Å². The predicted molar refractivity (Wildman–Crippen MR) is 80.4 cm³/mol. The Balaban J connectivity index is 1.97. The van der Waals surface area contributed by atoms with Gasteiger partial charge in [-0.3, -0.25) is 0 Å². The van der Waals surface area contributed by atoms with E-state index in [2.05, 4.69) is 13.8 Å². The summed E-state index contributed by atoms with van der Waals surface area (Å²) in [5.74, 6) is 0.364. The van der Waals surface area contributed by atoms with Gasteiger partial charge in [-0.25, -0.2) is 4.39 Å². The van der Waals surface area contributed by atoms with Crippen molar-refractivity contribution in [1.82, 2.24) is 0 Å². The molecule has 0 fully saturated rings. The summed E-state index contributed by atoms with van der Waals surface area (Å²) in [7, 11) is 0. The minimum Gasteiger partial charge on any atom is -0.487 e. The van der Waals surface area contributed by atoms with Crippen molar-refractivity contribution in [2.24, 2.45) is 5.73 Å². The molecule has 1 aromatic carbocycles. The number of rotatable bonds is 6. The number of unbranched alkanes of at least 4 members (excludes halogenated alkanes) is 4. The average molecular weight is 279 g/mol. The van der Waals surface area contributed by atoms with Crippen LogP contribution >= 0.6 is 0 Å². The van der Waals surface area contributed by atoms with Crippen LogP contribution in [-0.2, 0) is 0 Å². The summed E-state index contributed by atoms with van der Waals surface area (Å²) in [4.78, 5) is 0. The van der Waals surface area contributed by atoms with Crippen LogP contribution in [0.3, 0.4) is 0 Å². The Bertz CT molecular complexity index is 449. The number of fused-ring (bicyclic) bond motifs is 1. The summed E-state index contributed by atoms with van der Waals surface area (Å²) in [6.45, 7) is 4.32. The highest BCUT2D eigenvalue weighted by Crippen LogP contribution is 2.40. The topological polar surface area (TPSA) is 35.2 Å². The second kappa shape index (κ2) is 6.57. The highest BCUT2D eigenvalue weighted by Gasteiger charge is 2.35. The molecule has 0 radical (unpaired) electrons. The van der Waals surface area contributed by atoms with Crippen molar-refractivity contribution < 1.29 is 9.13 Å². The van der Waals surface area contributed by atoms with E-state index in [4.69, 9.17) is 10.5 Å². The zero-order valence-corrected chi connectivity index (χ0v) is 12.6. The third-order valence-corrected chi connectivity index (χ3v) is 4.19. The van der Waals surface area contributed by atoms with Crippen LogP contribution in [0.4, 0.5) is 4.39 Å². The molecule has 2 atom stereocenters. The Morgan fingerprint density at radius 2 is 2.05 bits per heavy atom.